The van der Waals surface area contributed by atoms with Gasteiger partial charge in [-0.3, -0.25) is 9.59 Å². The van der Waals surface area contributed by atoms with E-state index >= 15 is 0 Å². The summed E-state index contributed by atoms with van der Waals surface area (Å²) in [6, 6.07) is 17.7. The van der Waals surface area contributed by atoms with E-state index in [9.17, 15) is 9.59 Å². The van der Waals surface area contributed by atoms with Crippen LogP contribution in [0.1, 0.15) is 54.1 Å². The lowest BCUT2D eigenvalue weighted by molar-refractivity contribution is -0.119. The molecule has 5 heteroatoms. The third kappa shape index (κ3) is 3.94. The molecule has 146 valence electrons. The molecule has 0 spiro atoms. The molecule has 1 aliphatic carbocycles. The summed E-state index contributed by atoms with van der Waals surface area (Å²) >= 11 is 0. The monoisotopic (exact) mass is 377 g/mol. The smallest absolute Gasteiger partial charge is 0.254 e. The van der Waals surface area contributed by atoms with E-state index in [1.165, 1.54) is 5.56 Å². The number of nitrogens with one attached hydrogen (secondary N) is 1. The first kappa shape index (κ1) is 18.7. The van der Waals surface area contributed by atoms with Gasteiger partial charge < -0.3 is 16.0 Å². The Balaban J connectivity index is 1.42. The van der Waals surface area contributed by atoms with Gasteiger partial charge in [0.25, 0.3) is 5.91 Å². The van der Waals surface area contributed by atoms with Gasteiger partial charge in [-0.25, -0.2) is 0 Å². The van der Waals surface area contributed by atoms with E-state index in [0.717, 1.165) is 44.3 Å². The van der Waals surface area contributed by atoms with E-state index in [-0.39, 0.29) is 29.8 Å². The molecule has 2 aromatic rings. The molecule has 1 unspecified atom stereocenters. The number of nitrogens with zero attached hydrogens (tertiary/aromatic N) is 1. The minimum atomic E-state index is -0.00691. The lowest BCUT2D eigenvalue weighted by Crippen LogP contribution is -2.30. The van der Waals surface area contributed by atoms with Crippen LogP contribution in [0.5, 0.6) is 0 Å². The molecule has 1 saturated carbocycles. The van der Waals surface area contributed by atoms with Crippen LogP contribution in [0.25, 0.3) is 0 Å². The number of rotatable bonds is 4. The van der Waals surface area contributed by atoms with Crippen LogP contribution in [0.15, 0.2) is 54.6 Å². The number of nitrogens with two attached hydrogens (primary N) is 1. The highest BCUT2D eigenvalue weighted by molar-refractivity contribution is 5.96. The number of carbonyl (C=O) groups excluding carboxylic acids is 2. The van der Waals surface area contributed by atoms with E-state index in [1.807, 2.05) is 35.2 Å². The van der Waals surface area contributed by atoms with Gasteiger partial charge in [0.1, 0.15) is 0 Å². The summed E-state index contributed by atoms with van der Waals surface area (Å²) in [5, 5.41) is 2.96. The molecular weight excluding hydrogens is 350 g/mol. The summed E-state index contributed by atoms with van der Waals surface area (Å²) in [5.74, 6) is 0.0641. The second-order valence-corrected chi connectivity index (χ2v) is 7.90. The van der Waals surface area contributed by atoms with Crippen LogP contribution in [-0.2, 0) is 4.79 Å². The van der Waals surface area contributed by atoms with Crippen molar-refractivity contribution >= 4 is 17.5 Å². The van der Waals surface area contributed by atoms with E-state index in [4.69, 9.17) is 5.73 Å². The standard InChI is InChI=1S/C23H27N3O2/c24-19-11-8-18(15-19)22(27)25-20-12-9-17(10-13-20)23(28)26-14-4-7-21(26)16-5-2-1-3-6-16/h1-3,5-6,9-10,12-13,18-19,21H,4,7-8,11,14-15,24H2,(H,25,27)/t18-,19+,21?/m1/s1. The van der Waals surface area contributed by atoms with Crippen molar-refractivity contribution in [1.82, 2.24) is 4.90 Å². The number of benzene rings is 2. The lowest BCUT2D eigenvalue weighted by atomic mass is 10.0. The average molecular weight is 377 g/mol. The zero-order chi connectivity index (χ0) is 19.5. The van der Waals surface area contributed by atoms with Crippen molar-refractivity contribution in [2.24, 2.45) is 11.7 Å². The normalized spacial score (nSPS) is 24.3. The van der Waals surface area contributed by atoms with Crippen molar-refractivity contribution in [2.45, 2.75) is 44.2 Å². The molecule has 3 atom stereocenters. The number of amides is 2. The summed E-state index contributed by atoms with van der Waals surface area (Å²) in [6.07, 6.45) is 4.51. The van der Waals surface area contributed by atoms with E-state index in [2.05, 4.69) is 17.4 Å². The summed E-state index contributed by atoms with van der Waals surface area (Å²) in [6.45, 7) is 0.777. The number of hydrogen-bond donors (Lipinski definition) is 2. The predicted molar refractivity (Wildman–Crippen MR) is 110 cm³/mol. The van der Waals surface area contributed by atoms with Crippen molar-refractivity contribution in [3.63, 3.8) is 0 Å². The van der Waals surface area contributed by atoms with Crippen molar-refractivity contribution < 1.29 is 9.59 Å². The number of likely N-dealkylation sites (tertiary alicyclic amines) is 1. The van der Waals surface area contributed by atoms with Crippen molar-refractivity contribution in [3.8, 4) is 0 Å². The molecule has 5 nitrogen and oxygen atoms in total. The molecule has 1 heterocycles. The molecule has 2 aliphatic rings. The van der Waals surface area contributed by atoms with Crippen LogP contribution < -0.4 is 11.1 Å². The zero-order valence-corrected chi connectivity index (χ0v) is 16.0. The van der Waals surface area contributed by atoms with Crippen LogP contribution in [0.2, 0.25) is 0 Å². The van der Waals surface area contributed by atoms with Crippen LogP contribution in [-0.4, -0.2) is 29.3 Å². The lowest BCUT2D eigenvalue weighted by Gasteiger charge is -2.25. The molecule has 2 aromatic carbocycles. The largest absolute Gasteiger partial charge is 0.332 e. The Morgan fingerprint density at radius 1 is 0.964 bits per heavy atom. The van der Waals surface area contributed by atoms with Crippen molar-refractivity contribution in [1.29, 1.82) is 0 Å². The summed E-state index contributed by atoms with van der Waals surface area (Å²) in [4.78, 5) is 27.3. The quantitative estimate of drug-likeness (QED) is 0.852. The fourth-order valence-electron chi connectivity index (χ4n) is 4.39. The first-order valence-corrected chi connectivity index (χ1v) is 10.1. The molecule has 0 aromatic heterocycles. The van der Waals surface area contributed by atoms with Gasteiger partial charge in [-0.05, 0) is 61.9 Å². The second kappa shape index (κ2) is 8.15. The maximum Gasteiger partial charge on any atom is 0.254 e. The summed E-state index contributed by atoms with van der Waals surface area (Å²) in [7, 11) is 0. The van der Waals surface area contributed by atoms with Gasteiger partial charge in [-0.15, -0.1) is 0 Å². The number of carbonyl (C=O) groups is 2. The fourth-order valence-corrected chi connectivity index (χ4v) is 4.39. The van der Waals surface area contributed by atoms with E-state index < -0.39 is 0 Å². The Morgan fingerprint density at radius 3 is 2.39 bits per heavy atom. The number of anilines is 1. The Hall–Kier alpha value is -2.66. The van der Waals surface area contributed by atoms with E-state index in [1.54, 1.807) is 12.1 Å². The average Bonchev–Trinajstić information content (AvgIpc) is 3.38. The Bertz CT molecular complexity index is 835. The van der Waals surface area contributed by atoms with Crippen LogP contribution in [0.3, 0.4) is 0 Å². The predicted octanol–water partition coefficient (Wildman–Crippen LogP) is 3.73. The Kier molecular flexibility index (Phi) is 5.44. The van der Waals surface area contributed by atoms with Gasteiger partial charge >= 0.3 is 0 Å². The Morgan fingerprint density at radius 2 is 1.71 bits per heavy atom. The topological polar surface area (TPSA) is 75.4 Å². The Labute approximate surface area is 165 Å². The van der Waals surface area contributed by atoms with Gasteiger partial charge in [-0.1, -0.05) is 30.3 Å². The highest BCUT2D eigenvalue weighted by Crippen LogP contribution is 2.33. The highest BCUT2D eigenvalue weighted by Gasteiger charge is 2.31. The molecule has 4 rings (SSSR count). The van der Waals surface area contributed by atoms with Crippen molar-refractivity contribution in [2.75, 3.05) is 11.9 Å². The van der Waals surface area contributed by atoms with Gasteiger partial charge in [0.2, 0.25) is 5.91 Å². The van der Waals surface area contributed by atoms with Crippen LogP contribution >= 0.6 is 0 Å². The second-order valence-electron chi connectivity index (χ2n) is 7.90. The highest BCUT2D eigenvalue weighted by atomic mass is 16.2. The van der Waals surface area contributed by atoms with Crippen molar-refractivity contribution in [3.05, 3.63) is 65.7 Å². The first-order valence-electron chi connectivity index (χ1n) is 10.1. The third-order valence-electron chi connectivity index (χ3n) is 5.94. The molecule has 2 amide bonds. The van der Waals surface area contributed by atoms with Crippen LogP contribution in [0, 0.1) is 5.92 Å². The maximum atomic E-state index is 13.0. The summed E-state index contributed by atoms with van der Waals surface area (Å²) < 4.78 is 0. The van der Waals surface area contributed by atoms with Gasteiger partial charge in [-0.2, -0.15) is 0 Å². The first-order chi connectivity index (χ1) is 13.6. The van der Waals surface area contributed by atoms with E-state index in [0.29, 0.717) is 5.56 Å². The van der Waals surface area contributed by atoms with Crippen LogP contribution in [0.4, 0.5) is 5.69 Å². The zero-order valence-electron chi connectivity index (χ0n) is 16.0. The molecular formula is C23H27N3O2. The molecule has 1 saturated heterocycles. The molecule has 3 N–H and O–H groups in total. The molecule has 28 heavy (non-hydrogen) atoms. The fraction of sp³-hybridized carbons (Fsp3) is 0.391. The SMILES string of the molecule is N[C@H]1CC[C@@H](C(=O)Nc2ccc(C(=O)N3CCCC3c3ccccc3)cc2)C1. The molecule has 2 fully saturated rings. The third-order valence-corrected chi connectivity index (χ3v) is 5.94. The molecule has 0 bridgehead atoms. The van der Waals surface area contributed by atoms with Gasteiger partial charge in [0.15, 0.2) is 0 Å². The molecule has 0 radical (unpaired) electrons. The summed E-state index contributed by atoms with van der Waals surface area (Å²) in [5.41, 5.74) is 8.47. The minimum absolute atomic E-state index is 0.00691. The number of hydrogen-bond acceptors (Lipinski definition) is 3. The minimum Gasteiger partial charge on any atom is -0.332 e. The van der Waals surface area contributed by atoms with Gasteiger partial charge in [0.05, 0.1) is 6.04 Å². The molecule has 1 aliphatic heterocycles. The maximum absolute atomic E-state index is 13.0. The van der Waals surface area contributed by atoms with Gasteiger partial charge in [0, 0.05) is 29.8 Å².